The van der Waals surface area contributed by atoms with Crippen molar-refractivity contribution >= 4 is 5.91 Å². The van der Waals surface area contributed by atoms with E-state index in [1.54, 1.807) is 14.1 Å². The highest BCUT2D eigenvalue weighted by Gasteiger charge is 2.25. The van der Waals surface area contributed by atoms with Gasteiger partial charge in [0, 0.05) is 32.8 Å². The molecule has 0 aliphatic rings. The van der Waals surface area contributed by atoms with Gasteiger partial charge >= 0.3 is 5.69 Å². The molecule has 1 amide bonds. The van der Waals surface area contributed by atoms with Crippen molar-refractivity contribution in [2.45, 2.75) is 27.3 Å². The van der Waals surface area contributed by atoms with Crippen molar-refractivity contribution in [3.8, 4) is 0 Å². The van der Waals surface area contributed by atoms with E-state index in [1.807, 2.05) is 20.8 Å². The molecule has 0 saturated heterocycles. The molecule has 1 heterocycles. The third kappa shape index (κ3) is 3.13. The van der Waals surface area contributed by atoms with E-state index in [2.05, 4.69) is 0 Å². The van der Waals surface area contributed by atoms with Crippen LogP contribution in [0.5, 0.6) is 0 Å². The van der Waals surface area contributed by atoms with E-state index < -0.39 is 5.41 Å². The monoisotopic (exact) mass is 267 g/mol. The van der Waals surface area contributed by atoms with E-state index in [0.717, 1.165) is 4.57 Å². The van der Waals surface area contributed by atoms with Crippen LogP contribution in [0.15, 0.2) is 15.8 Å². The van der Waals surface area contributed by atoms with Gasteiger partial charge in [-0.1, -0.05) is 20.8 Å². The van der Waals surface area contributed by atoms with Crippen LogP contribution < -0.4 is 11.2 Å². The van der Waals surface area contributed by atoms with Gasteiger partial charge in [-0.15, -0.1) is 0 Å². The van der Waals surface area contributed by atoms with Gasteiger partial charge in [-0.3, -0.25) is 14.2 Å². The Kier molecular flexibility index (Phi) is 4.03. The standard InChI is InChI=1S/C13H21N3O3/c1-13(2,3)11(18)14(4)7-9-8-15(5)12(19)16(6)10(9)17/h8H,7H2,1-6H3. The molecule has 0 fully saturated rings. The number of hydrogen-bond donors (Lipinski definition) is 0. The Balaban J connectivity index is 3.12. The highest BCUT2D eigenvalue weighted by atomic mass is 16.2. The Labute approximate surface area is 112 Å². The lowest BCUT2D eigenvalue weighted by atomic mass is 9.95. The summed E-state index contributed by atoms with van der Waals surface area (Å²) in [6, 6.07) is 0. The van der Waals surface area contributed by atoms with Gasteiger partial charge in [-0.05, 0) is 0 Å². The van der Waals surface area contributed by atoms with Crippen molar-refractivity contribution in [3.63, 3.8) is 0 Å². The number of aryl methyl sites for hydroxylation is 1. The Morgan fingerprint density at radius 2 is 1.79 bits per heavy atom. The molecule has 6 nitrogen and oxygen atoms in total. The normalized spacial score (nSPS) is 11.5. The predicted molar refractivity (Wildman–Crippen MR) is 72.9 cm³/mol. The second kappa shape index (κ2) is 5.03. The number of carbonyl (C=O) groups is 1. The molecule has 0 bridgehead atoms. The van der Waals surface area contributed by atoms with E-state index >= 15 is 0 Å². The van der Waals surface area contributed by atoms with Crippen LogP contribution in [0.25, 0.3) is 0 Å². The molecule has 1 rings (SSSR count). The number of rotatable bonds is 2. The largest absolute Gasteiger partial charge is 0.341 e. The Bertz CT molecular complexity index is 605. The van der Waals surface area contributed by atoms with E-state index in [4.69, 9.17) is 0 Å². The molecule has 0 unspecified atom stereocenters. The first-order chi connectivity index (χ1) is 8.55. The summed E-state index contributed by atoms with van der Waals surface area (Å²) in [7, 11) is 4.66. The number of amides is 1. The zero-order valence-corrected chi connectivity index (χ0v) is 12.4. The molecule has 0 N–H and O–H groups in total. The minimum Gasteiger partial charge on any atom is -0.341 e. The summed E-state index contributed by atoms with van der Waals surface area (Å²) in [5.41, 5.74) is -0.819. The van der Waals surface area contributed by atoms with Gasteiger partial charge in [0.05, 0.1) is 12.1 Å². The second-order valence-electron chi connectivity index (χ2n) is 5.82. The SMILES string of the molecule is CN(Cc1cn(C)c(=O)n(C)c1=O)C(=O)C(C)(C)C. The summed E-state index contributed by atoms with van der Waals surface area (Å²) in [4.78, 5) is 37.1. The van der Waals surface area contributed by atoms with Crippen LogP contribution in [0.3, 0.4) is 0 Å². The van der Waals surface area contributed by atoms with Crippen LogP contribution in [0.1, 0.15) is 26.3 Å². The van der Waals surface area contributed by atoms with Crippen molar-refractivity contribution in [2.24, 2.45) is 19.5 Å². The summed E-state index contributed by atoms with van der Waals surface area (Å²) in [6.07, 6.45) is 1.48. The highest BCUT2D eigenvalue weighted by molar-refractivity contribution is 5.81. The summed E-state index contributed by atoms with van der Waals surface area (Å²) in [5, 5.41) is 0. The molecule has 0 aliphatic heterocycles. The maximum absolute atomic E-state index is 12.1. The van der Waals surface area contributed by atoms with E-state index in [-0.39, 0.29) is 23.7 Å². The molecule has 106 valence electrons. The van der Waals surface area contributed by atoms with Crippen molar-refractivity contribution in [1.29, 1.82) is 0 Å². The third-order valence-electron chi connectivity index (χ3n) is 2.91. The minimum absolute atomic E-state index is 0.0524. The molecule has 6 heteroatoms. The summed E-state index contributed by atoms with van der Waals surface area (Å²) < 4.78 is 2.39. The lowest BCUT2D eigenvalue weighted by molar-refractivity contribution is -0.138. The lowest BCUT2D eigenvalue weighted by Crippen LogP contribution is -2.42. The van der Waals surface area contributed by atoms with E-state index in [1.165, 1.54) is 22.7 Å². The summed E-state index contributed by atoms with van der Waals surface area (Å²) in [6.45, 7) is 5.66. The van der Waals surface area contributed by atoms with Gasteiger partial charge in [0.25, 0.3) is 5.56 Å². The van der Waals surface area contributed by atoms with Crippen LogP contribution in [0.4, 0.5) is 0 Å². The van der Waals surface area contributed by atoms with E-state index in [0.29, 0.717) is 5.56 Å². The van der Waals surface area contributed by atoms with Crippen LogP contribution in [-0.2, 0) is 25.4 Å². The van der Waals surface area contributed by atoms with Gasteiger partial charge in [-0.2, -0.15) is 0 Å². The molecule has 0 spiro atoms. The van der Waals surface area contributed by atoms with Gasteiger partial charge < -0.3 is 9.47 Å². The topological polar surface area (TPSA) is 64.3 Å². The summed E-state index contributed by atoms with van der Waals surface area (Å²) in [5.74, 6) is -0.0524. The maximum atomic E-state index is 12.1. The molecule has 0 aliphatic carbocycles. The molecule has 0 radical (unpaired) electrons. The van der Waals surface area contributed by atoms with Gasteiger partial charge in [0.15, 0.2) is 0 Å². The second-order valence-corrected chi connectivity index (χ2v) is 5.82. The predicted octanol–water partition coefficient (Wildman–Crippen LogP) is 0.0885. The lowest BCUT2D eigenvalue weighted by Gasteiger charge is -2.25. The average Bonchev–Trinajstić information content (AvgIpc) is 2.31. The number of carbonyl (C=O) groups excluding carboxylic acids is 1. The molecule has 0 saturated carbocycles. The molecular formula is C13H21N3O3. The minimum atomic E-state index is -0.499. The smallest absolute Gasteiger partial charge is 0.330 e. The van der Waals surface area contributed by atoms with Gasteiger partial charge in [0.1, 0.15) is 0 Å². The average molecular weight is 267 g/mol. The molecule has 1 aromatic rings. The molecule has 19 heavy (non-hydrogen) atoms. The van der Waals surface area contributed by atoms with Gasteiger partial charge in [-0.25, -0.2) is 4.79 Å². The zero-order chi connectivity index (χ0) is 15.0. The molecular weight excluding hydrogens is 246 g/mol. The quantitative estimate of drug-likeness (QED) is 0.762. The Hall–Kier alpha value is -1.85. The number of aromatic nitrogens is 2. The van der Waals surface area contributed by atoms with Crippen molar-refractivity contribution in [3.05, 3.63) is 32.6 Å². The molecule has 1 aromatic heterocycles. The van der Waals surface area contributed by atoms with E-state index in [9.17, 15) is 14.4 Å². The van der Waals surface area contributed by atoms with Gasteiger partial charge in [0.2, 0.25) is 5.91 Å². The molecule has 0 atom stereocenters. The van der Waals surface area contributed by atoms with Crippen molar-refractivity contribution in [1.82, 2.24) is 14.0 Å². The summed E-state index contributed by atoms with van der Waals surface area (Å²) >= 11 is 0. The highest BCUT2D eigenvalue weighted by Crippen LogP contribution is 2.17. The third-order valence-corrected chi connectivity index (χ3v) is 2.91. The first-order valence-corrected chi connectivity index (χ1v) is 6.07. The van der Waals surface area contributed by atoms with Crippen LogP contribution in [0, 0.1) is 5.41 Å². The van der Waals surface area contributed by atoms with Crippen LogP contribution in [-0.4, -0.2) is 27.0 Å². The number of nitrogens with zero attached hydrogens (tertiary/aromatic N) is 3. The number of hydrogen-bond acceptors (Lipinski definition) is 3. The first kappa shape index (κ1) is 15.2. The van der Waals surface area contributed by atoms with Crippen molar-refractivity contribution in [2.75, 3.05) is 7.05 Å². The fraction of sp³-hybridized carbons (Fsp3) is 0.615. The van der Waals surface area contributed by atoms with Crippen LogP contribution >= 0.6 is 0 Å². The molecule has 0 aromatic carbocycles. The zero-order valence-electron chi connectivity index (χ0n) is 12.4. The fourth-order valence-electron chi connectivity index (χ4n) is 1.89. The van der Waals surface area contributed by atoms with Crippen LogP contribution in [0.2, 0.25) is 0 Å². The maximum Gasteiger partial charge on any atom is 0.330 e. The Morgan fingerprint density at radius 3 is 2.26 bits per heavy atom. The Morgan fingerprint density at radius 1 is 1.26 bits per heavy atom. The first-order valence-electron chi connectivity index (χ1n) is 6.07. The van der Waals surface area contributed by atoms with Crippen molar-refractivity contribution < 1.29 is 4.79 Å². The fourth-order valence-corrected chi connectivity index (χ4v) is 1.89.